The minimum Gasteiger partial charge on any atom is -0.309 e. The minimum atomic E-state index is 0.638. The zero-order valence-electron chi connectivity index (χ0n) is 11.8. The summed E-state index contributed by atoms with van der Waals surface area (Å²) in [6.45, 7) is 3.39. The maximum atomic E-state index is 5.92. The van der Waals surface area contributed by atoms with Gasteiger partial charge in [-0.3, -0.25) is 0 Å². The van der Waals surface area contributed by atoms with Crippen molar-refractivity contribution >= 4 is 11.6 Å². The Bertz CT molecular complexity index is 417. The van der Waals surface area contributed by atoms with Gasteiger partial charge in [-0.2, -0.15) is 0 Å². The Morgan fingerprint density at radius 3 is 2.32 bits per heavy atom. The fourth-order valence-corrected chi connectivity index (χ4v) is 3.92. The van der Waals surface area contributed by atoms with E-state index in [9.17, 15) is 0 Å². The highest BCUT2D eigenvalue weighted by molar-refractivity contribution is 6.30. The molecule has 2 fully saturated rings. The van der Waals surface area contributed by atoms with E-state index in [0.717, 1.165) is 23.5 Å². The molecule has 0 radical (unpaired) electrons. The van der Waals surface area contributed by atoms with Crippen LogP contribution in [0, 0.1) is 11.3 Å². The zero-order valence-corrected chi connectivity index (χ0v) is 12.5. The lowest BCUT2D eigenvalue weighted by atomic mass is 9.56. The van der Waals surface area contributed by atoms with Crippen LogP contribution in [0.3, 0.4) is 0 Å². The van der Waals surface area contributed by atoms with Crippen LogP contribution < -0.4 is 5.32 Å². The molecule has 1 spiro atoms. The third kappa shape index (κ3) is 2.83. The van der Waals surface area contributed by atoms with Crippen molar-refractivity contribution in [3.8, 4) is 0 Å². The van der Waals surface area contributed by atoms with Gasteiger partial charge < -0.3 is 5.32 Å². The Kier molecular flexibility index (Phi) is 3.86. The van der Waals surface area contributed by atoms with Crippen molar-refractivity contribution in [2.24, 2.45) is 11.3 Å². The molecule has 2 aliphatic rings. The third-order valence-electron chi connectivity index (χ3n) is 5.41. The van der Waals surface area contributed by atoms with E-state index in [0.29, 0.717) is 5.41 Å². The number of hydrogen-bond donors (Lipinski definition) is 1. The molecule has 1 aromatic carbocycles. The van der Waals surface area contributed by atoms with E-state index < -0.39 is 0 Å². The second kappa shape index (κ2) is 5.46. The second-order valence-corrected chi connectivity index (χ2v) is 7.08. The molecule has 0 heterocycles. The van der Waals surface area contributed by atoms with Gasteiger partial charge in [-0.25, -0.2) is 0 Å². The number of halogens is 1. The van der Waals surface area contributed by atoms with Crippen LogP contribution in [0.2, 0.25) is 5.02 Å². The Morgan fingerprint density at radius 1 is 1.11 bits per heavy atom. The maximum absolute atomic E-state index is 5.92. The molecule has 0 aliphatic heterocycles. The first-order valence-corrected chi connectivity index (χ1v) is 8.04. The monoisotopic (exact) mass is 277 g/mol. The van der Waals surface area contributed by atoms with Gasteiger partial charge in [0.2, 0.25) is 0 Å². The lowest BCUT2D eigenvalue weighted by Crippen LogP contribution is -2.54. The predicted octanol–water partition coefficient (Wildman–Crippen LogP) is 4.79. The average molecular weight is 278 g/mol. The van der Waals surface area contributed by atoms with Crippen LogP contribution in [0.1, 0.15) is 51.0 Å². The maximum Gasteiger partial charge on any atom is 0.0406 e. The summed E-state index contributed by atoms with van der Waals surface area (Å²) >= 11 is 5.92. The topological polar surface area (TPSA) is 12.0 Å². The molecule has 2 aliphatic carbocycles. The summed E-state index contributed by atoms with van der Waals surface area (Å²) in [5.41, 5.74) is 1.98. The Hall–Kier alpha value is -0.530. The molecule has 3 rings (SSSR count). The highest BCUT2D eigenvalue weighted by atomic mass is 35.5. The van der Waals surface area contributed by atoms with Gasteiger partial charge >= 0.3 is 0 Å². The van der Waals surface area contributed by atoms with Crippen molar-refractivity contribution in [3.63, 3.8) is 0 Å². The molecule has 1 atom stereocenters. The molecular formula is C17H24ClN. The molecule has 0 saturated heterocycles. The summed E-state index contributed by atoms with van der Waals surface area (Å²) in [6, 6.07) is 8.97. The summed E-state index contributed by atoms with van der Waals surface area (Å²) in [7, 11) is 0. The van der Waals surface area contributed by atoms with Crippen LogP contribution in [0.4, 0.5) is 0 Å². The van der Waals surface area contributed by atoms with Gasteiger partial charge in [0.05, 0.1) is 0 Å². The van der Waals surface area contributed by atoms with Gasteiger partial charge in [-0.15, -0.1) is 0 Å². The van der Waals surface area contributed by atoms with Crippen LogP contribution in [0.5, 0.6) is 0 Å². The lowest BCUT2D eigenvalue weighted by molar-refractivity contribution is 0.00923. The van der Waals surface area contributed by atoms with Crippen molar-refractivity contribution in [1.29, 1.82) is 0 Å². The zero-order chi connectivity index (χ0) is 13.3. The van der Waals surface area contributed by atoms with Crippen LogP contribution in [0.25, 0.3) is 0 Å². The van der Waals surface area contributed by atoms with E-state index in [4.69, 9.17) is 11.6 Å². The van der Waals surface area contributed by atoms with Crippen molar-refractivity contribution in [1.82, 2.24) is 5.32 Å². The summed E-state index contributed by atoms with van der Waals surface area (Å²) < 4.78 is 0. The largest absolute Gasteiger partial charge is 0.309 e. The molecule has 1 nitrogen and oxygen atoms in total. The van der Waals surface area contributed by atoms with Gasteiger partial charge in [0.1, 0.15) is 0 Å². The first kappa shape index (κ1) is 13.5. The molecular weight excluding hydrogens is 254 g/mol. The average Bonchev–Trinajstić information content (AvgIpc) is 2.41. The molecule has 2 saturated carbocycles. The van der Waals surface area contributed by atoms with E-state index in [1.807, 2.05) is 12.1 Å². The number of nitrogens with one attached hydrogen (secondary N) is 1. The summed E-state index contributed by atoms with van der Waals surface area (Å²) in [5, 5.41) is 4.61. The third-order valence-corrected chi connectivity index (χ3v) is 5.66. The smallest absolute Gasteiger partial charge is 0.0406 e. The van der Waals surface area contributed by atoms with Gasteiger partial charge in [-0.1, -0.05) is 43.5 Å². The molecule has 0 amide bonds. The fourth-order valence-electron chi connectivity index (χ4n) is 3.79. The highest BCUT2D eigenvalue weighted by Crippen LogP contribution is 2.52. The summed E-state index contributed by atoms with van der Waals surface area (Å²) in [5.74, 6) is 0.947. The summed E-state index contributed by atoms with van der Waals surface area (Å²) in [6.07, 6.45) is 8.54. The van der Waals surface area contributed by atoms with Gasteiger partial charge in [-0.05, 0) is 54.7 Å². The lowest BCUT2D eigenvalue weighted by Gasteiger charge is -2.53. The number of rotatable bonds is 3. The molecule has 1 aromatic rings. The standard InChI is InChI=1S/C17H24ClN/c1-13-6-9-17(10-7-13)11-8-16(17)19-12-14-2-4-15(18)5-3-14/h2-5,13,16,19H,6-12H2,1H3/t13?,16-,17?/m0/s1. The molecule has 2 heteroatoms. The first-order chi connectivity index (χ1) is 9.18. The van der Waals surface area contributed by atoms with Gasteiger partial charge in [0.15, 0.2) is 0 Å². The molecule has 104 valence electrons. The Morgan fingerprint density at radius 2 is 1.74 bits per heavy atom. The van der Waals surface area contributed by atoms with E-state index in [1.54, 1.807) is 0 Å². The fraction of sp³-hybridized carbons (Fsp3) is 0.647. The Balaban J connectivity index is 1.54. The van der Waals surface area contributed by atoms with Crippen LogP contribution in [0.15, 0.2) is 24.3 Å². The predicted molar refractivity (Wildman–Crippen MR) is 81.4 cm³/mol. The molecule has 0 aromatic heterocycles. The number of benzene rings is 1. The quantitative estimate of drug-likeness (QED) is 0.838. The molecule has 19 heavy (non-hydrogen) atoms. The van der Waals surface area contributed by atoms with Crippen LogP contribution >= 0.6 is 11.6 Å². The van der Waals surface area contributed by atoms with Crippen LogP contribution in [-0.2, 0) is 6.54 Å². The van der Waals surface area contributed by atoms with Crippen molar-refractivity contribution < 1.29 is 0 Å². The molecule has 0 unspecified atom stereocenters. The van der Waals surface area contributed by atoms with Crippen molar-refractivity contribution in [2.45, 2.75) is 58.0 Å². The van der Waals surface area contributed by atoms with Gasteiger partial charge in [0.25, 0.3) is 0 Å². The van der Waals surface area contributed by atoms with Crippen molar-refractivity contribution in [2.75, 3.05) is 0 Å². The van der Waals surface area contributed by atoms with Crippen LogP contribution in [-0.4, -0.2) is 6.04 Å². The van der Waals surface area contributed by atoms with Crippen molar-refractivity contribution in [3.05, 3.63) is 34.9 Å². The molecule has 0 bridgehead atoms. The summed E-state index contributed by atoms with van der Waals surface area (Å²) in [4.78, 5) is 0. The van der Waals surface area contributed by atoms with E-state index in [2.05, 4.69) is 24.4 Å². The normalized spacial score (nSPS) is 34.2. The first-order valence-electron chi connectivity index (χ1n) is 7.66. The van der Waals surface area contributed by atoms with E-state index in [-0.39, 0.29) is 0 Å². The SMILES string of the molecule is CC1CCC2(CC1)CC[C@@H]2NCc1ccc(Cl)cc1. The van der Waals surface area contributed by atoms with E-state index in [1.165, 1.54) is 44.1 Å². The van der Waals surface area contributed by atoms with Gasteiger partial charge in [0, 0.05) is 17.6 Å². The minimum absolute atomic E-state index is 0.638. The molecule has 1 N–H and O–H groups in total. The Labute approximate surface area is 121 Å². The number of hydrogen-bond acceptors (Lipinski definition) is 1. The highest BCUT2D eigenvalue weighted by Gasteiger charge is 2.47. The van der Waals surface area contributed by atoms with E-state index >= 15 is 0 Å². The second-order valence-electron chi connectivity index (χ2n) is 6.64.